The van der Waals surface area contributed by atoms with Crippen LogP contribution in [0.2, 0.25) is 23.2 Å². The molecule has 0 radical (unpaired) electrons. The van der Waals surface area contributed by atoms with Gasteiger partial charge in [0.2, 0.25) is 5.95 Å². The minimum absolute atomic E-state index is 0.0958. The summed E-state index contributed by atoms with van der Waals surface area (Å²) in [5.41, 5.74) is 3.12. The Morgan fingerprint density at radius 2 is 1.87 bits per heavy atom. The smallest absolute Gasteiger partial charge is 0.407 e. The fraction of sp³-hybridized carbons (Fsp3) is 0.459. The molecule has 0 spiro atoms. The van der Waals surface area contributed by atoms with Gasteiger partial charge in [-0.05, 0) is 67.2 Å². The summed E-state index contributed by atoms with van der Waals surface area (Å²) >= 11 is 7.18. The van der Waals surface area contributed by atoms with Crippen LogP contribution in [-0.4, -0.2) is 89.4 Å². The molecule has 16 heteroatoms. The first kappa shape index (κ1) is 37.7. The van der Waals surface area contributed by atoms with Gasteiger partial charge in [0.1, 0.15) is 11.8 Å². The molecule has 6 rings (SSSR count). The maximum Gasteiger partial charge on any atom is 0.407 e. The van der Waals surface area contributed by atoms with E-state index in [2.05, 4.69) is 71.2 Å². The van der Waals surface area contributed by atoms with Gasteiger partial charge in [-0.15, -0.1) is 5.10 Å². The van der Waals surface area contributed by atoms with Crippen LogP contribution in [0, 0.1) is 22.7 Å². The van der Waals surface area contributed by atoms with Crippen molar-refractivity contribution in [3.05, 3.63) is 64.4 Å². The van der Waals surface area contributed by atoms with Crippen LogP contribution in [0.4, 0.5) is 27.9 Å². The molecule has 1 saturated heterocycles. The number of hydrogen-bond donors (Lipinski definition) is 2. The van der Waals surface area contributed by atoms with E-state index in [9.17, 15) is 20.4 Å². The average molecular weight is 757 g/mol. The standard InChI is InChI=1S/C37H45ClN10O4Si/c1-37(2,3)53(6,7)52-31-22-46(15-14-29(31)45(4)36(49)50)30-17-24(18-39)16-28(32(30)38)42-35-43-34(33-41-20-26(19-40)48(33)44-35)47(25-10-11-25)21-23-8-12-27(51-5)13-9-23/h8-9,12-13,16-17,20,25,29,31H,10-11,14-15,21-22H2,1-7H3,(H,42,44)(H,49,50)/t29-,31+/m0/s1. The summed E-state index contributed by atoms with van der Waals surface area (Å²) < 4.78 is 13.7. The highest BCUT2D eigenvalue weighted by Crippen LogP contribution is 2.42. The molecule has 1 aliphatic carbocycles. The van der Waals surface area contributed by atoms with Gasteiger partial charge in [0.05, 0.1) is 53.5 Å². The van der Waals surface area contributed by atoms with Gasteiger partial charge in [-0.2, -0.15) is 20.0 Å². The number of benzene rings is 2. The molecule has 2 aromatic carbocycles. The van der Waals surface area contributed by atoms with Crippen molar-refractivity contribution < 1.29 is 19.1 Å². The van der Waals surface area contributed by atoms with E-state index in [0.29, 0.717) is 59.5 Å². The number of nitriles is 2. The van der Waals surface area contributed by atoms with E-state index in [-0.39, 0.29) is 28.8 Å². The summed E-state index contributed by atoms with van der Waals surface area (Å²) in [4.78, 5) is 27.2. The number of anilines is 4. The zero-order chi connectivity index (χ0) is 38.2. The van der Waals surface area contributed by atoms with E-state index in [1.807, 2.05) is 24.3 Å². The lowest BCUT2D eigenvalue weighted by Gasteiger charge is -2.47. The van der Waals surface area contributed by atoms with E-state index in [1.165, 1.54) is 15.6 Å². The Bertz CT molecular complexity index is 2080. The maximum atomic E-state index is 12.1. The highest BCUT2D eigenvalue weighted by molar-refractivity contribution is 6.74. The summed E-state index contributed by atoms with van der Waals surface area (Å²) in [7, 11) is 0.906. The predicted molar refractivity (Wildman–Crippen MR) is 206 cm³/mol. The summed E-state index contributed by atoms with van der Waals surface area (Å²) in [5.74, 6) is 1.50. The normalized spacial score (nSPS) is 17.6. The first-order chi connectivity index (χ1) is 25.1. The number of rotatable bonds is 11. The average Bonchev–Trinajstić information content (AvgIpc) is 3.89. The maximum absolute atomic E-state index is 12.1. The fourth-order valence-electron chi connectivity index (χ4n) is 6.37. The van der Waals surface area contributed by atoms with Crippen LogP contribution in [0.25, 0.3) is 5.65 Å². The van der Waals surface area contributed by atoms with Crippen LogP contribution in [0.15, 0.2) is 42.6 Å². The zero-order valence-electron chi connectivity index (χ0n) is 31.1. The predicted octanol–water partition coefficient (Wildman–Crippen LogP) is 7.02. The second-order valence-electron chi connectivity index (χ2n) is 15.2. The first-order valence-corrected chi connectivity index (χ1v) is 20.9. The Balaban J connectivity index is 1.36. The number of likely N-dealkylation sites (N-methyl/N-ethyl adjacent to an activating group) is 1. The van der Waals surface area contributed by atoms with Crippen molar-refractivity contribution in [3.8, 4) is 17.9 Å². The lowest BCUT2D eigenvalue weighted by atomic mass is 9.99. The van der Waals surface area contributed by atoms with E-state index in [4.69, 9.17) is 25.7 Å². The van der Waals surface area contributed by atoms with Gasteiger partial charge < -0.3 is 34.3 Å². The van der Waals surface area contributed by atoms with Crippen LogP contribution < -0.4 is 19.9 Å². The number of halogens is 1. The molecule has 1 saturated carbocycles. The molecule has 1 amide bonds. The second kappa shape index (κ2) is 14.7. The van der Waals surface area contributed by atoms with Crippen molar-refractivity contribution in [2.24, 2.45) is 0 Å². The number of ether oxygens (including phenoxy) is 1. The molecule has 2 atom stereocenters. The third kappa shape index (κ3) is 7.83. The number of carbonyl (C=O) groups is 1. The van der Waals surface area contributed by atoms with Gasteiger partial charge in [-0.3, -0.25) is 0 Å². The Kier molecular flexibility index (Phi) is 10.5. The number of methoxy groups -OCH3 is 1. The lowest BCUT2D eigenvalue weighted by molar-refractivity contribution is 0.0561. The number of nitrogens with one attached hydrogen (secondary N) is 1. The number of amides is 1. The van der Waals surface area contributed by atoms with Gasteiger partial charge >= 0.3 is 6.09 Å². The minimum Gasteiger partial charge on any atom is -0.497 e. The van der Waals surface area contributed by atoms with Crippen molar-refractivity contribution in [1.82, 2.24) is 24.5 Å². The number of aromatic nitrogens is 4. The van der Waals surface area contributed by atoms with Gasteiger partial charge in [0.15, 0.2) is 25.5 Å². The molecule has 2 fully saturated rings. The quantitative estimate of drug-likeness (QED) is 0.150. The Hall–Kier alpha value is -5.09. The minimum atomic E-state index is -2.31. The van der Waals surface area contributed by atoms with E-state index >= 15 is 0 Å². The fourth-order valence-corrected chi connectivity index (χ4v) is 7.99. The number of imidazole rings is 1. The molecular weight excluding hydrogens is 712 g/mol. The topological polar surface area (TPSA) is 168 Å². The van der Waals surface area contributed by atoms with Crippen LogP contribution in [0.5, 0.6) is 5.75 Å². The van der Waals surface area contributed by atoms with E-state index in [1.54, 1.807) is 26.3 Å². The SMILES string of the molecule is COc1ccc(CN(c2nc(Nc3cc(C#N)cc(N4CC[C@H](N(C)C(=O)O)[C@H](O[Si](C)(C)C(C)(C)C)C4)c3Cl)nn3c(C#N)cnc23)C2CC2)cc1. The number of carboxylic acid groups (broad SMARTS) is 1. The molecule has 2 aromatic heterocycles. The van der Waals surface area contributed by atoms with Crippen LogP contribution in [0.3, 0.4) is 0 Å². The lowest BCUT2D eigenvalue weighted by Crippen LogP contribution is -2.59. The van der Waals surface area contributed by atoms with Crippen molar-refractivity contribution >= 4 is 54.8 Å². The Labute approximate surface area is 315 Å². The van der Waals surface area contributed by atoms with E-state index < -0.39 is 20.5 Å². The van der Waals surface area contributed by atoms with Crippen molar-refractivity contribution in [3.63, 3.8) is 0 Å². The molecule has 278 valence electrons. The van der Waals surface area contributed by atoms with Crippen LogP contribution in [-0.2, 0) is 11.0 Å². The third-order valence-electron chi connectivity index (χ3n) is 10.6. The number of fused-ring (bicyclic) bond motifs is 1. The largest absolute Gasteiger partial charge is 0.497 e. The molecule has 3 heterocycles. The summed E-state index contributed by atoms with van der Waals surface area (Å²) in [5, 5.41) is 38.1. The van der Waals surface area contributed by atoms with Gasteiger partial charge in [0, 0.05) is 32.7 Å². The third-order valence-corrected chi connectivity index (χ3v) is 15.5. The van der Waals surface area contributed by atoms with Crippen LogP contribution >= 0.6 is 11.6 Å². The van der Waals surface area contributed by atoms with E-state index in [0.717, 1.165) is 24.2 Å². The number of hydrogen-bond acceptors (Lipinski definition) is 11. The van der Waals surface area contributed by atoms with Crippen molar-refractivity contribution in [2.75, 3.05) is 42.4 Å². The van der Waals surface area contributed by atoms with Gasteiger partial charge in [-0.1, -0.05) is 44.5 Å². The van der Waals surface area contributed by atoms with Crippen molar-refractivity contribution in [1.29, 1.82) is 10.5 Å². The molecule has 0 bridgehead atoms. The summed E-state index contributed by atoms with van der Waals surface area (Å²) in [6, 6.07) is 15.5. The van der Waals surface area contributed by atoms with Crippen LogP contribution in [0.1, 0.15) is 56.9 Å². The summed E-state index contributed by atoms with van der Waals surface area (Å²) in [6.45, 7) is 12.2. The van der Waals surface area contributed by atoms with Gasteiger partial charge in [0.25, 0.3) is 0 Å². The second-order valence-corrected chi connectivity index (χ2v) is 20.3. The zero-order valence-corrected chi connectivity index (χ0v) is 32.8. The number of nitrogens with zero attached hydrogens (tertiary/aromatic N) is 9. The highest BCUT2D eigenvalue weighted by atomic mass is 35.5. The Morgan fingerprint density at radius 3 is 2.47 bits per heavy atom. The summed E-state index contributed by atoms with van der Waals surface area (Å²) in [6.07, 6.45) is 2.51. The molecule has 4 aromatic rings. The molecule has 2 aliphatic rings. The Morgan fingerprint density at radius 1 is 1.15 bits per heavy atom. The highest BCUT2D eigenvalue weighted by Gasteiger charge is 2.44. The monoisotopic (exact) mass is 756 g/mol. The molecular formula is C37H45ClN10O4Si. The number of piperidine rings is 1. The van der Waals surface area contributed by atoms with Crippen molar-refractivity contribution in [2.45, 2.75) is 82.9 Å². The molecule has 14 nitrogen and oxygen atoms in total. The molecule has 0 unspecified atom stereocenters. The first-order valence-electron chi connectivity index (χ1n) is 17.6. The van der Waals surface area contributed by atoms with Gasteiger partial charge in [-0.25, -0.2) is 9.78 Å². The molecule has 1 aliphatic heterocycles. The molecule has 2 N–H and O–H groups in total. The molecule has 53 heavy (non-hydrogen) atoms.